The molecule has 0 bridgehead atoms. The molecular formula is C20H21N5O2. The smallest absolute Gasteiger partial charge is 0.186 e. The van der Waals surface area contributed by atoms with E-state index in [1.54, 1.807) is 18.5 Å². The van der Waals surface area contributed by atoms with Crippen molar-refractivity contribution in [3.05, 3.63) is 48.5 Å². The lowest BCUT2D eigenvalue weighted by atomic mass is 10.1. The lowest BCUT2D eigenvalue weighted by molar-refractivity contribution is 0.201. The molecule has 0 spiro atoms. The summed E-state index contributed by atoms with van der Waals surface area (Å²) in [5.41, 5.74) is 1.60. The first-order valence-electron chi connectivity index (χ1n) is 8.76. The first-order chi connectivity index (χ1) is 13.1. The third-order valence-electron chi connectivity index (χ3n) is 4.49. The third kappa shape index (κ3) is 3.06. The molecule has 2 aromatic heterocycles. The zero-order chi connectivity index (χ0) is 19.0. The summed E-state index contributed by atoms with van der Waals surface area (Å²) in [4.78, 5) is 1.95. The van der Waals surface area contributed by atoms with E-state index < -0.39 is 6.10 Å². The van der Waals surface area contributed by atoms with Crippen molar-refractivity contribution in [3.63, 3.8) is 0 Å². The molecule has 1 unspecified atom stereocenters. The molecule has 0 fully saturated rings. The van der Waals surface area contributed by atoms with Gasteiger partial charge in [0.25, 0.3) is 0 Å². The summed E-state index contributed by atoms with van der Waals surface area (Å²) in [5.74, 6) is 2.21. The molecule has 7 nitrogen and oxygen atoms in total. The Morgan fingerprint density at radius 3 is 2.44 bits per heavy atom. The van der Waals surface area contributed by atoms with Gasteiger partial charge in [0.1, 0.15) is 5.75 Å². The van der Waals surface area contributed by atoms with Crippen LogP contribution in [0.2, 0.25) is 0 Å². The van der Waals surface area contributed by atoms with E-state index in [9.17, 15) is 5.11 Å². The molecule has 0 aliphatic heterocycles. The van der Waals surface area contributed by atoms with Gasteiger partial charge in [0, 0.05) is 29.9 Å². The second kappa shape index (κ2) is 6.85. The average molecular weight is 363 g/mol. The fourth-order valence-electron chi connectivity index (χ4n) is 3.25. The first kappa shape index (κ1) is 17.2. The topological polar surface area (TPSA) is 75.8 Å². The molecule has 2 aromatic carbocycles. The van der Waals surface area contributed by atoms with Crippen LogP contribution in [-0.2, 0) is 0 Å². The van der Waals surface area contributed by atoms with Crippen molar-refractivity contribution in [2.75, 3.05) is 25.6 Å². The second-order valence-corrected chi connectivity index (χ2v) is 6.59. The van der Waals surface area contributed by atoms with Crippen LogP contribution in [0.3, 0.4) is 0 Å². The molecule has 4 aromatic rings. The summed E-state index contributed by atoms with van der Waals surface area (Å²) in [6.07, 6.45) is -0.465. The highest BCUT2D eigenvalue weighted by atomic mass is 16.5. The molecule has 0 saturated heterocycles. The van der Waals surface area contributed by atoms with E-state index >= 15 is 0 Å². The Morgan fingerprint density at radius 2 is 1.78 bits per heavy atom. The van der Waals surface area contributed by atoms with Gasteiger partial charge in [0.2, 0.25) is 0 Å². The molecule has 0 aliphatic rings. The third-order valence-corrected chi connectivity index (χ3v) is 4.49. The number of ether oxygens (including phenoxy) is 1. The van der Waals surface area contributed by atoms with Crippen molar-refractivity contribution in [3.8, 4) is 17.1 Å². The van der Waals surface area contributed by atoms with Crippen molar-refractivity contribution in [1.82, 2.24) is 19.8 Å². The van der Waals surface area contributed by atoms with E-state index in [1.807, 2.05) is 60.5 Å². The van der Waals surface area contributed by atoms with Crippen LogP contribution < -0.4 is 9.64 Å². The van der Waals surface area contributed by atoms with Gasteiger partial charge in [-0.05, 0) is 31.2 Å². The standard InChI is InChI=1S/C20H21N5O2/c1-13(26)12-24(2)20-17-7-5-4-6-16(17)19-22-21-18(25(19)23-20)14-8-10-15(27-3)11-9-14/h4-11,13,26H,12H2,1-3H3. The fourth-order valence-corrected chi connectivity index (χ4v) is 3.25. The lowest BCUT2D eigenvalue weighted by Gasteiger charge is -2.21. The van der Waals surface area contributed by atoms with Crippen molar-refractivity contribution in [2.45, 2.75) is 13.0 Å². The molecule has 1 atom stereocenters. The summed E-state index contributed by atoms with van der Waals surface area (Å²) in [6.45, 7) is 2.24. The van der Waals surface area contributed by atoms with Crippen LogP contribution in [0.25, 0.3) is 27.8 Å². The zero-order valence-corrected chi connectivity index (χ0v) is 15.5. The van der Waals surface area contributed by atoms with Gasteiger partial charge >= 0.3 is 0 Å². The van der Waals surface area contributed by atoms with E-state index in [4.69, 9.17) is 9.84 Å². The van der Waals surface area contributed by atoms with Crippen molar-refractivity contribution in [1.29, 1.82) is 0 Å². The molecule has 27 heavy (non-hydrogen) atoms. The lowest BCUT2D eigenvalue weighted by Crippen LogP contribution is -2.28. The van der Waals surface area contributed by atoms with Gasteiger partial charge in [0.05, 0.1) is 13.2 Å². The molecule has 0 radical (unpaired) electrons. The Morgan fingerprint density at radius 1 is 1.07 bits per heavy atom. The van der Waals surface area contributed by atoms with E-state index in [0.717, 1.165) is 27.9 Å². The highest BCUT2D eigenvalue weighted by Crippen LogP contribution is 2.29. The minimum atomic E-state index is -0.465. The van der Waals surface area contributed by atoms with Gasteiger partial charge in [-0.2, -0.15) is 4.52 Å². The van der Waals surface area contributed by atoms with E-state index in [0.29, 0.717) is 18.0 Å². The van der Waals surface area contributed by atoms with Gasteiger partial charge in [-0.25, -0.2) is 0 Å². The summed E-state index contributed by atoms with van der Waals surface area (Å²) in [5, 5.41) is 25.3. The van der Waals surface area contributed by atoms with Crippen LogP contribution in [0, 0.1) is 0 Å². The molecule has 4 rings (SSSR count). The van der Waals surface area contributed by atoms with E-state index in [-0.39, 0.29) is 0 Å². The van der Waals surface area contributed by atoms with Crippen LogP contribution in [0.15, 0.2) is 48.5 Å². The number of hydrogen-bond donors (Lipinski definition) is 1. The molecular weight excluding hydrogens is 342 g/mol. The monoisotopic (exact) mass is 363 g/mol. The second-order valence-electron chi connectivity index (χ2n) is 6.59. The van der Waals surface area contributed by atoms with E-state index in [2.05, 4.69) is 10.2 Å². The molecule has 2 heterocycles. The maximum atomic E-state index is 9.80. The number of aliphatic hydroxyl groups excluding tert-OH is 1. The number of hydrogen-bond acceptors (Lipinski definition) is 6. The number of methoxy groups -OCH3 is 1. The van der Waals surface area contributed by atoms with Crippen LogP contribution in [-0.4, -0.2) is 51.7 Å². The predicted molar refractivity (Wildman–Crippen MR) is 105 cm³/mol. The Labute approximate surface area is 156 Å². The highest BCUT2D eigenvalue weighted by molar-refractivity contribution is 6.00. The van der Waals surface area contributed by atoms with Gasteiger partial charge < -0.3 is 14.7 Å². The number of nitrogens with zero attached hydrogens (tertiary/aromatic N) is 5. The minimum absolute atomic E-state index is 0.465. The van der Waals surface area contributed by atoms with Gasteiger partial charge in [-0.1, -0.05) is 24.3 Å². The largest absolute Gasteiger partial charge is 0.497 e. The fraction of sp³-hybridized carbons (Fsp3) is 0.250. The number of anilines is 1. The van der Waals surface area contributed by atoms with Crippen LogP contribution >= 0.6 is 0 Å². The summed E-state index contributed by atoms with van der Waals surface area (Å²) >= 11 is 0. The number of fused-ring (bicyclic) bond motifs is 3. The number of aromatic nitrogens is 4. The molecule has 0 amide bonds. The number of benzene rings is 2. The predicted octanol–water partition coefficient (Wildman–Crippen LogP) is 2.77. The minimum Gasteiger partial charge on any atom is -0.497 e. The van der Waals surface area contributed by atoms with Crippen molar-refractivity contribution < 1.29 is 9.84 Å². The highest BCUT2D eigenvalue weighted by Gasteiger charge is 2.18. The summed E-state index contributed by atoms with van der Waals surface area (Å²) in [6, 6.07) is 15.6. The molecule has 138 valence electrons. The van der Waals surface area contributed by atoms with Crippen LogP contribution in [0.4, 0.5) is 5.82 Å². The Bertz CT molecular complexity index is 1090. The van der Waals surface area contributed by atoms with Crippen LogP contribution in [0.5, 0.6) is 5.75 Å². The number of likely N-dealkylation sites (N-methyl/N-ethyl adjacent to an activating group) is 1. The zero-order valence-electron chi connectivity index (χ0n) is 15.5. The Kier molecular flexibility index (Phi) is 4.37. The summed E-state index contributed by atoms with van der Waals surface area (Å²) in [7, 11) is 3.56. The Balaban J connectivity index is 1.94. The SMILES string of the molecule is COc1ccc(-c2nnc3c4ccccc4c(N(C)CC(C)O)nn23)cc1. The summed E-state index contributed by atoms with van der Waals surface area (Å²) < 4.78 is 6.99. The van der Waals surface area contributed by atoms with Crippen molar-refractivity contribution in [2.24, 2.45) is 0 Å². The maximum absolute atomic E-state index is 9.80. The van der Waals surface area contributed by atoms with Crippen molar-refractivity contribution >= 4 is 22.2 Å². The average Bonchev–Trinajstić information content (AvgIpc) is 3.11. The first-order valence-corrected chi connectivity index (χ1v) is 8.76. The van der Waals surface area contributed by atoms with E-state index in [1.165, 1.54) is 0 Å². The number of rotatable bonds is 5. The molecule has 0 saturated carbocycles. The Hall–Kier alpha value is -3.19. The molecule has 1 N–H and O–H groups in total. The van der Waals surface area contributed by atoms with Crippen LogP contribution in [0.1, 0.15) is 6.92 Å². The molecule has 0 aliphatic carbocycles. The quantitative estimate of drug-likeness (QED) is 0.588. The van der Waals surface area contributed by atoms with Gasteiger partial charge in [-0.3, -0.25) is 0 Å². The molecule has 7 heteroatoms. The normalized spacial score (nSPS) is 12.4. The van der Waals surface area contributed by atoms with Gasteiger partial charge in [-0.15, -0.1) is 15.3 Å². The van der Waals surface area contributed by atoms with Gasteiger partial charge in [0.15, 0.2) is 17.3 Å². The number of aliphatic hydroxyl groups is 1. The maximum Gasteiger partial charge on any atom is 0.186 e.